The van der Waals surface area contributed by atoms with Crippen molar-refractivity contribution in [1.82, 2.24) is 15.1 Å². The Morgan fingerprint density at radius 3 is 2.50 bits per heavy atom. The largest absolute Gasteiger partial charge is 0.339 e. The second-order valence-corrected chi connectivity index (χ2v) is 7.10. The Hall–Kier alpha value is -1.37. The second-order valence-electron chi connectivity index (χ2n) is 6.69. The van der Waals surface area contributed by atoms with E-state index in [1.165, 1.54) is 12.1 Å². The summed E-state index contributed by atoms with van der Waals surface area (Å²) in [5, 5.41) is 3.43. The Labute approximate surface area is 164 Å². The number of nitrogens with zero attached hydrogens (tertiary/aromatic N) is 2. The number of carbonyl (C=O) groups excluding carboxylic acids is 2. The van der Waals surface area contributed by atoms with Crippen LogP contribution in [0.15, 0.2) is 18.2 Å². The first kappa shape index (κ1) is 20.9. The molecule has 0 spiro atoms. The van der Waals surface area contributed by atoms with Gasteiger partial charge < -0.3 is 15.1 Å². The molecule has 1 unspecified atom stereocenters. The maximum absolute atomic E-state index is 13.1. The molecule has 26 heavy (non-hydrogen) atoms. The molecule has 2 aliphatic heterocycles. The predicted molar refractivity (Wildman–Crippen MR) is 101 cm³/mol. The van der Waals surface area contributed by atoms with Crippen molar-refractivity contribution in [2.75, 3.05) is 39.3 Å². The van der Waals surface area contributed by atoms with E-state index >= 15 is 0 Å². The molecule has 2 fully saturated rings. The van der Waals surface area contributed by atoms with E-state index in [9.17, 15) is 14.0 Å². The highest BCUT2D eigenvalue weighted by molar-refractivity contribution is 6.33. The van der Waals surface area contributed by atoms with Gasteiger partial charge in [0.15, 0.2) is 0 Å². The summed E-state index contributed by atoms with van der Waals surface area (Å²) in [6.45, 7) is 4.07. The quantitative estimate of drug-likeness (QED) is 0.840. The zero-order valence-electron chi connectivity index (χ0n) is 14.5. The van der Waals surface area contributed by atoms with E-state index in [4.69, 9.17) is 11.6 Å². The number of halogens is 3. The molecule has 1 atom stereocenters. The minimum absolute atomic E-state index is 0. The maximum atomic E-state index is 13.1. The lowest BCUT2D eigenvalue weighted by molar-refractivity contribution is -0.132. The normalized spacial score (nSPS) is 20.0. The first-order chi connectivity index (χ1) is 12.0. The Balaban J connectivity index is 0.00000243. The SMILES string of the molecule is Cl.O=C(CCC1CCNC1)N1CCN(C(=O)c2ccc(F)cc2Cl)CC1. The van der Waals surface area contributed by atoms with Crippen LogP contribution in [-0.2, 0) is 4.79 Å². The second kappa shape index (κ2) is 9.53. The molecular formula is C18H24Cl2FN3O2. The number of piperazine rings is 1. The zero-order chi connectivity index (χ0) is 17.8. The van der Waals surface area contributed by atoms with Crippen LogP contribution in [0.5, 0.6) is 0 Å². The van der Waals surface area contributed by atoms with Crippen LogP contribution in [0.3, 0.4) is 0 Å². The Bertz CT molecular complexity index is 645. The van der Waals surface area contributed by atoms with Crippen LogP contribution < -0.4 is 5.32 Å². The molecule has 1 N–H and O–H groups in total. The Morgan fingerprint density at radius 2 is 1.88 bits per heavy atom. The summed E-state index contributed by atoms with van der Waals surface area (Å²) in [4.78, 5) is 28.4. The van der Waals surface area contributed by atoms with Crippen LogP contribution in [0.4, 0.5) is 4.39 Å². The van der Waals surface area contributed by atoms with Gasteiger partial charge >= 0.3 is 0 Å². The van der Waals surface area contributed by atoms with Crippen molar-refractivity contribution in [2.45, 2.75) is 19.3 Å². The molecule has 144 valence electrons. The highest BCUT2D eigenvalue weighted by Gasteiger charge is 2.26. The van der Waals surface area contributed by atoms with E-state index in [1.807, 2.05) is 4.90 Å². The van der Waals surface area contributed by atoms with Crippen LogP contribution >= 0.6 is 24.0 Å². The monoisotopic (exact) mass is 403 g/mol. The molecular weight excluding hydrogens is 380 g/mol. The molecule has 0 saturated carbocycles. The number of rotatable bonds is 4. The summed E-state index contributed by atoms with van der Waals surface area (Å²) in [5.41, 5.74) is 0.302. The Morgan fingerprint density at radius 1 is 1.19 bits per heavy atom. The van der Waals surface area contributed by atoms with Crippen molar-refractivity contribution in [2.24, 2.45) is 5.92 Å². The summed E-state index contributed by atoms with van der Waals surface area (Å²) in [6, 6.07) is 3.79. The number of carbonyl (C=O) groups is 2. The van der Waals surface area contributed by atoms with Gasteiger partial charge in [0, 0.05) is 32.6 Å². The molecule has 8 heteroatoms. The van der Waals surface area contributed by atoms with Gasteiger partial charge in [-0.25, -0.2) is 4.39 Å². The van der Waals surface area contributed by atoms with Gasteiger partial charge in [0.1, 0.15) is 5.82 Å². The summed E-state index contributed by atoms with van der Waals surface area (Å²) >= 11 is 5.97. The molecule has 1 aromatic carbocycles. The van der Waals surface area contributed by atoms with E-state index in [0.29, 0.717) is 44.1 Å². The molecule has 2 amide bonds. The molecule has 5 nitrogen and oxygen atoms in total. The van der Waals surface area contributed by atoms with E-state index in [-0.39, 0.29) is 29.2 Å². The van der Waals surface area contributed by atoms with E-state index in [2.05, 4.69) is 5.32 Å². The molecule has 0 aromatic heterocycles. The fourth-order valence-corrected chi connectivity index (χ4v) is 3.69. The van der Waals surface area contributed by atoms with Gasteiger partial charge in [0.2, 0.25) is 5.91 Å². The number of hydrogen-bond acceptors (Lipinski definition) is 3. The minimum Gasteiger partial charge on any atom is -0.339 e. The van der Waals surface area contributed by atoms with Crippen LogP contribution in [-0.4, -0.2) is 60.9 Å². The molecule has 2 heterocycles. The minimum atomic E-state index is -0.463. The van der Waals surface area contributed by atoms with Crippen molar-refractivity contribution in [3.63, 3.8) is 0 Å². The highest BCUT2D eigenvalue weighted by atomic mass is 35.5. The van der Waals surface area contributed by atoms with Crippen molar-refractivity contribution in [3.05, 3.63) is 34.6 Å². The smallest absolute Gasteiger partial charge is 0.255 e. The zero-order valence-corrected chi connectivity index (χ0v) is 16.1. The van der Waals surface area contributed by atoms with Gasteiger partial charge in [-0.3, -0.25) is 9.59 Å². The average molecular weight is 404 g/mol. The summed E-state index contributed by atoms with van der Waals surface area (Å²) in [7, 11) is 0. The summed E-state index contributed by atoms with van der Waals surface area (Å²) in [5.74, 6) is 0.0924. The van der Waals surface area contributed by atoms with Crippen molar-refractivity contribution in [3.8, 4) is 0 Å². The lowest BCUT2D eigenvalue weighted by atomic mass is 10.0. The third kappa shape index (κ3) is 5.09. The maximum Gasteiger partial charge on any atom is 0.255 e. The molecule has 2 saturated heterocycles. The highest BCUT2D eigenvalue weighted by Crippen LogP contribution is 2.20. The average Bonchev–Trinajstić information content (AvgIpc) is 3.13. The first-order valence-electron chi connectivity index (χ1n) is 8.77. The first-order valence-corrected chi connectivity index (χ1v) is 9.15. The number of nitrogens with one attached hydrogen (secondary N) is 1. The van der Waals surface area contributed by atoms with Gasteiger partial charge in [0.25, 0.3) is 5.91 Å². The van der Waals surface area contributed by atoms with Crippen LogP contribution in [0.2, 0.25) is 5.02 Å². The van der Waals surface area contributed by atoms with Gasteiger partial charge in [-0.2, -0.15) is 0 Å². The Kier molecular flexibility index (Phi) is 7.68. The standard InChI is InChI=1S/C18H23ClFN3O2.ClH/c19-16-11-14(20)2-3-15(16)18(25)23-9-7-22(8-10-23)17(24)4-1-13-5-6-21-12-13;/h2-3,11,13,21H,1,4-10,12H2;1H. The lowest BCUT2D eigenvalue weighted by Gasteiger charge is -2.35. The third-order valence-corrected chi connectivity index (χ3v) is 5.32. The molecule has 0 aliphatic carbocycles. The van der Waals surface area contributed by atoms with Crippen molar-refractivity contribution in [1.29, 1.82) is 0 Å². The van der Waals surface area contributed by atoms with Gasteiger partial charge in [-0.1, -0.05) is 11.6 Å². The van der Waals surface area contributed by atoms with E-state index in [0.717, 1.165) is 32.0 Å². The summed E-state index contributed by atoms with van der Waals surface area (Å²) < 4.78 is 13.1. The number of hydrogen-bond donors (Lipinski definition) is 1. The van der Waals surface area contributed by atoms with Crippen LogP contribution in [0.25, 0.3) is 0 Å². The topological polar surface area (TPSA) is 52.7 Å². The third-order valence-electron chi connectivity index (χ3n) is 5.01. The van der Waals surface area contributed by atoms with E-state index in [1.54, 1.807) is 4.90 Å². The fraction of sp³-hybridized carbons (Fsp3) is 0.556. The number of amides is 2. The van der Waals surface area contributed by atoms with Gasteiger partial charge in [-0.15, -0.1) is 12.4 Å². The molecule has 0 bridgehead atoms. The predicted octanol–water partition coefficient (Wildman–Crippen LogP) is 2.58. The van der Waals surface area contributed by atoms with E-state index < -0.39 is 5.82 Å². The molecule has 0 radical (unpaired) electrons. The summed E-state index contributed by atoms with van der Waals surface area (Å²) in [6.07, 6.45) is 2.65. The molecule has 1 aromatic rings. The van der Waals surface area contributed by atoms with Crippen molar-refractivity contribution >= 4 is 35.8 Å². The number of benzene rings is 1. The van der Waals surface area contributed by atoms with Gasteiger partial charge in [0.05, 0.1) is 10.6 Å². The lowest BCUT2D eigenvalue weighted by Crippen LogP contribution is -2.50. The van der Waals surface area contributed by atoms with Crippen LogP contribution in [0.1, 0.15) is 29.6 Å². The molecule has 2 aliphatic rings. The molecule has 3 rings (SSSR count). The fourth-order valence-electron chi connectivity index (χ4n) is 3.44. The van der Waals surface area contributed by atoms with Crippen LogP contribution in [0, 0.1) is 11.7 Å². The van der Waals surface area contributed by atoms with Gasteiger partial charge in [-0.05, 0) is 50.0 Å². The van der Waals surface area contributed by atoms with Crippen molar-refractivity contribution < 1.29 is 14.0 Å².